The number of rotatable bonds is 19. The van der Waals surface area contributed by atoms with Crippen molar-refractivity contribution in [3.8, 4) is 0 Å². The molecule has 2 rings (SSSR count). The van der Waals surface area contributed by atoms with Gasteiger partial charge in [-0.25, -0.2) is 4.79 Å². The first-order valence-corrected chi connectivity index (χ1v) is 33.5. The van der Waals surface area contributed by atoms with E-state index in [1.807, 2.05) is 55.4 Å². The number of aliphatic hydroxyl groups excluding tert-OH is 1. The molecule has 1 fully saturated rings. The van der Waals surface area contributed by atoms with E-state index in [1.54, 1.807) is 71.9 Å². The standard InChI is InChI=1S/C69H116N12O14/c1-24-48-64(89)75(17)37-54(82)76(18)50(33-38(2)3)61(86)74-55(42(10)11)67(92)77(19)51(34-39(4)5)60(85)71-45(15)59(84)72-46(16)63(88)78(20)52(35-40(6)7)65(90)79(21)53(36-41(8)9)66(91)80(22)56(43(12)13)68(93)81(23)57(62(87)73-48)58(83)44(14)29-27-28-32-70-49-31-26-25-30-47(49)69(94)95/h25-28,30-31,38-46,48,50-53,55-58,70,83H,24,29,32-37H2,1-23H3,(H,71,85)(H,72,84)(H,73,87)(H,74,86)(H,94,95)/b28-27+/t44-,45+,46-,48+,50+,51+,52+,53+,55+,56+,57+,58-/m1/s1. The van der Waals surface area contributed by atoms with E-state index in [-0.39, 0.29) is 74.3 Å². The number of benzene rings is 1. The quantitative estimate of drug-likeness (QED) is 0.0961. The van der Waals surface area contributed by atoms with Gasteiger partial charge in [-0.3, -0.25) is 52.7 Å². The molecule has 0 bridgehead atoms. The summed E-state index contributed by atoms with van der Waals surface area (Å²) in [4.78, 5) is 182. The molecule has 0 radical (unpaired) electrons. The average Bonchev–Trinajstić information content (AvgIpc) is 0.809. The summed E-state index contributed by atoms with van der Waals surface area (Å²) in [5.74, 6) is -11.6. The normalized spacial score (nSPS) is 25.2. The van der Waals surface area contributed by atoms with Gasteiger partial charge in [-0.1, -0.05) is 121 Å². The smallest absolute Gasteiger partial charge is 0.337 e. The van der Waals surface area contributed by atoms with Crippen LogP contribution in [0.15, 0.2) is 36.4 Å². The predicted molar refractivity (Wildman–Crippen MR) is 365 cm³/mol. The Morgan fingerprint density at radius 3 is 1.46 bits per heavy atom. The van der Waals surface area contributed by atoms with Crippen molar-refractivity contribution in [1.29, 1.82) is 0 Å². The molecule has 1 aliphatic rings. The van der Waals surface area contributed by atoms with E-state index in [9.17, 15) is 48.6 Å². The Hall–Kier alpha value is -7.64. The van der Waals surface area contributed by atoms with E-state index < -0.39 is 162 Å². The summed E-state index contributed by atoms with van der Waals surface area (Å²) >= 11 is 0. The zero-order chi connectivity index (χ0) is 73.0. The van der Waals surface area contributed by atoms with E-state index >= 15 is 19.2 Å². The van der Waals surface area contributed by atoms with Crippen LogP contribution < -0.4 is 26.6 Å². The molecule has 26 heteroatoms. The summed E-state index contributed by atoms with van der Waals surface area (Å²) in [6, 6.07) is -6.43. The van der Waals surface area contributed by atoms with E-state index in [2.05, 4.69) is 26.6 Å². The van der Waals surface area contributed by atoms with Crippen molar-refractivity contribution in [1.82, 2.24) is 55.6 Å². The van der Waals surface area contributed by atoms with Gasteiger partial charge in [0.05, 0.1) is 18.2 Å². The Morgan fingerprint density at radius 2 is 0.968 bits per heavy atom. The van der Waals surface area contributed by atoms with Crippen LogP contribution in [0.3, 0.4) is 0 Å². The van der Waals surface area contributed by atoms with Gasteiger partial charge in [-0.05, 0) is 106 Å². The molecule has 95 heavy (non-hydrogen) atoms. The molecule has 1 aromatic rings. The van der Waals surface area contributed by atoms with Crippen molar-refractivity contribution in [2.24, 2.45) is 41.4 Å². The number of aromatic carboxylic acids is 1. The van der Waals surface area contributed by atoms with Gasteiger partial charge in [0.2, 0.25) is 65.0 Å². The van der Waals surface area contributed by atoms with Crippen LogP contribution in [-0.2, 0) is 52.7 Å². The number of para-hydroxylation sites is 1. The third kappa shape index (κ3) is 23.6. The minimum absolute atomic E-state index is 0.0305. The number of carboxylic acid groups (broad SMARTS) is 1. The van der Waals surface area contributed by atoms with Gasteiger partial charge in [0.25, 0.3) is 0 Å². The second kappa shape index (κ2) is 38.2. The highest BCUT2D eigenvalue weighted by atomic mass is 16.4. The largest absolute Gasteiger partial charge is 0.478 e. The highest BCUT2D eigenvalue weighted by molar-refractivity contribution is 6.00. The molecule has 1 heterocycles. The molecular formula is C69H116N12O14. The van der Waals surface area contributed by atoms with Crippen molar-refractivity contribution in [2.75, 3.05) is 67.7 Å². The molecule has 12 atom stereocenters. The van der Waals surface area contributed by atoms with E-state index in [0.29, 0.717) is 5.69 Å². The van der Waals surface area contributed by atoms with Crippen LogP contribution in [0.1, 0.15) is 160 Å². The van der Waals surface area contributed by atoms with Gasteiger partial charge in [0.1, 0.15) is 60.4 Å². The Morgan fingerprint density at radius 1 is 0.516 bits per heavy atom. The van der Waals surface area contributed by atoms with E-state index in [1.165, 1.54) is 93.7 Å². The maximum Gasteiger partial charge on any atom is 0.337 e. The fourth-order valence-corrected chi connectivity index (χ4v) is 11.7. The van der Waals surface area contributed by atoms with Crippen LogP contribution in [0.5, 0.6) is 0 Å². The molecule has 1 aliphatic heterocycles. The van der Waals surface area contributed by atoms with Gasteiger partial charge in [-0.2, -0.15) is 0 Å². The highest BCUT2D eigenvalue weighted by Crippen LogP contribution is 2.26. The van der Waals surface area contributed by atoms with Gasteiger partial charge in [0.15, 0.2) is 0 Å². The van der Waals surface area contributed by atoms with E-state index in [4.69, 9.17) is 0 Å². The number of carbonyl (C=O) groups is 12. The molecule has 0 saturated carbocycles. The number of aliphatic hydroxyl groups is 1. The zero-order valence-corrected chi connectivity index (χ0v) is 60.9. The number of likely N-dealkylation sites (N-methyl/N-ethyl adjacent to an activating group) is 7. The molecule has 1 saturated heterocycles. The van der Waals surface area contributed by atoms with Gasteiger partial charge in [-0.15, -0.1) is 0 Å². The third-order valence-electron chi connectivity index (χ3n) is 17.6. The first-order chi connectivity index (χ1) is 44.0. The summed E-state index contributed by atoms with van der Waals surface area (Å²) in [6.45, 7) is 27.4. The number of allylic oxidation sites excluding steroid dienone is 1. The summed E-state index contributed by atoms with van der Waals surface area (Å²) in [6.07, 6.45) is 2.41. The Labute approximate surface area is 564 Å². The molecule has 7 N–H and O–H groups in total. The topological polar surface area (TPSA) is 328 Å². The number of nitrogens with one attached hydrogen (secondary N) is 5. The Balaban J connectivity index is 2.98. The van der Waals surface area contributed by atoms with Crippen molar-refractivity contribution in [3.63, 3.8) is 0 Å². The third-order valence-corrected chi connectivity index (χ3v) is 17.6. The lowest BCUT2D eigenvalue weighted by Gasteiger charge is -2.41. The van der Waals surface area contributed by atoms with Crippen LogP contribution in [-0.4, -0.2) is 244 Å². The van der Waals surface area contributed by atoms with Crippen LogP contribution >= 0.6 is 0 Å². The second-order valence-corrected chi connectivity index (χ2v) is 28.2. The van der Waals surface area contributed by atoms with Crippen LogP contribution in [0, 0.1) is 41.4 Å². The maximum absolute atomic E-state index is 15.4. The van der Waals surface area contributed by atoms with Crippen molar-refractivity contribution < 1.29 is 67.7 Å². The first-order valence-electron chi connectivity index (χ1n) is 33.5. The van der Waals surface area contributed by atoms with Crippen LogP contribution in [0.4, 0.5) is 5.69 Å². The van der Waals surface area contributed by atoms with Gasteiger partial charge >= 0.3 is 5.97 Å². The molecule has 1 aromatic carbocycles. The molecule has 26 nitrogen and oxygen atoms in total. The summed E-state index contributed by atoms with van der Waals surface area (Å²) in [7, 11) is 9.77. The zero-order valence-electron chi connectivity index (χ0n) is 60.9. The Kier molecular flexibility index (Phi) is 33.5. The minimum atomic E-state index is -1.72. The molecule has 0 unspecified atom stereocenters. The number of hydrogen-bond acceptors (Lipinski definition) is 14. The first kappa shape index (κ1) is 83.5. The lowest BCUT2D eigenvalue weighted by molar-refractivity contribution is -0.157. The van der Waals surface area contributed by atoms with Gasteiger partial charge in [0, 0.05) is 61.6 Å². The van der Waals surface area contributed by atoms with E-state index in [0.717, 1.165) is 9.80 Å². The molecule has 536 valence electrons. The minimum Gasteiger partial charge on any atom is -0.478 e. The number of anilines is 1. The molecule has 11 amide bonds. The number of carboxylic acids is 1. The molecule has 0 aromatic heterocycles. The van der Waals surface area contributed by atoms with Crippen molar-refractivity contribution >= 4 is 76.6 Å². The molecule has 0 aliphatic carbocycles. The predicted octanol–water partition coefficient (Wildman–Crippen LogP) is 4.06. The van der Waals surface area contributed by atoms with Crippen LogP contribution in [0.25, 0.3) is 0 Å². The monoisotopic (exact) mass is 1340 g/mol. The fraction of sp³-hybridized carbons (Fsp3) is 0.710. The number of amides is 11. The van der Waals surface area contributed by atoms with Crippen molar-refractivity contribution in [3.05, 3.63) is 42.0 Å². The van der Waals surface area contributed by atoms with Gasteiger partial charge < -0.3 is 71.1 Å². The number of nitrogens with zero attached hydrogens (tertiary/aromatic N) is 7. The summed E-state index contributed by atoms with van der Waals surface area (Å²) in [5, 5.41) is 36.1. The number of hydrogen-bond donors (Lipinski definition) is 7. The lowest BCUT2D eigenvalue weighted by atomic mass is 9.91. The lowest BCUT2D eigenvalue weighted by Crippen LogP contribution is -2.63. The molecular weight excluding hydrogens is 1220 g/mol. The Bertz CT molecular complexity index is 2840. The van der Waals surface area contributed by atoms with Crippen LogP contribution in [0.2, 0.25) is 0 Å². The summed E-state index contributed by atoms with van der Waals surface area (Å²) < 4.78 is 0. The average molecular weight is 1340 g/mol. The van der Waals surface area contributed by atoms with Crippen molar-refractivity contribution in [2.45, 2.75) is 216 Å². The number of carbonyl (C=O) groups excluding carboxylic acids is 11. The maximum atomic E-state index is 15.4. The molecule has 0 spiro atoms. The second-order valence-electron chi connectivity index (χ2n) is 28.2. The summed E-state index contributed by atoms with van der Waals surface area (Å²) in [5.41, 5.74) is 0.440. The fourth-order valence-electron chi connectivity index (χ4n) is 11.7. The highest BCUT2D eigenvalue weighted by Gasteiger charge is 2.46. The SMILES string of the molecule is CC[C@@H]1NC(=O)[C@H]([C@H](O)[C@H](C)C/C=C/CNc2ccccc2C(=O)O)N(C)C(=O)[C@H](C(C)C)N(C)C(=O)[C@H](CC(C)C)N(C)C(=O)[C@H](CC(C)C)N(C)C(=O)[C@@H](C)NC(=O)[C@H](C)NC(=O)[C@H](CC(C)C)N(C)C(=O)[C@H](C(C)C)NC(=O)[C@H](CC(C)C)N(C)C(=O)CN(C)C1=O.